The SMILES string of the molecule is CCOCCOCC(=O)NC(CCCCNC(C)=O)C(O)O. The minimum absolute atomic E-state index is 0.101. The van der Waals surface area contributed by atoms with Gasteiger partial charge in [-0.3, -0.25) is 9.59 Å². The number of carbonyl (C=O) groups excluding carboxylic acids is 2. The summed E-state index contributed by atoms with van der Waals surface area (Å²) in [5.41, 5.74) is 0. The molecule has 130 valence electrons. The average Bonchev–Trinajstić information content (AvgIpc) is 2.45. The van der Waals surface area contributed by atoms with Crippen LogP contribution in [0, 0.1) is 0 Å². The summed E-state index contributed by atoms with van der Waals surface area (Å²) < 4.78 is 10.2. The number of rotatable bonds is 13. The molecule has 1 unspecified atom stereocenters. The zero-order valence-corrected chi connectivity index (χ0v) is 13.3. The summed E-state index contributed by atoms with van der Waals surface area (Å²) in [5.74, 6) is -0.507. The molecule has 0 spiro atoms. The maximum absolute atomic E-state index is 11.6. The molecular weight excluding hydrogens is 292 g/mol. The van der Waals surface area contributed by atoms with Crippen molar-refractivity contribution in [1.82, 2.24) is 10.6 Å². The molecule has 0 fully saturated rings. The predicted molar refractivity (Wildman–Crippen MR) is 80.0 cm³/mol. The van der Waals surface area contributed by atoms with Crippen molar-refractivity contribution in [3.8, 4) is 0 Å². The number of carbonyl (C=O) groups is 2. The molecule has 0 aliphatic carbocycles. The molecule has 1 atom stereocenters. The van der Waals surface area contributed by atoms with Crippen molar-refractivity contribution in [2.45, 2.75) is 45.4 Å². The Morgan fingerprint density at radius 2 is 1.82 bits per heavy atom. The van der Waals surface area contributed by atoms with Gasteiger partial charge in [-0.15, -0.1) is 0 Å². The van der Waals surface area contributed by atoms with E-state index in [0.717, 1.165) is 0 Å². The molecule has 0 aromatic heterocycles. The molecule has 0 saturated heterocycles. The summed E-state index contributed by atoms with van der Waals surface area (Å²) >= 11 is 0. The highest BCUT2D eigenvalue weighted by Crippen LogP contribution is 2.04. The maximum atomic E-state index is 11.6. The van der Waals surface area contributed by atoms with Crippen LogP contribution in [0.3, 0.4) is 0 Å². The van der Waals surface area contributed by atoms with Gasteiger partial charge in [0, 0.05) is 20.1 Å². The van der Waals surface area contributed by atoms with E-state index in [1.807, 2.05) is 6.92 Å². The minimum atomic E-state index is -1.63. The third kappa shape index (κ3) is 12.5. The van der Waals surface area contributed by atoms with Crippen LogP contribution in [0.1, 0.15) is 33.1 Å². The lowest BCUT2D eigenvalue weighted by Gasteiger charge is -2.20. The van der Waals surface area contributed by atoms with Gasteiger partial charge in [-0.05, 0) is 26.2 Å². The van der Waals surface area contributed by atoms with Crippen LogP contribution >= 0.6 is 0 Å². The second-order valence-electron chi connectivity index (χ2n) is 4.82. The minimum Gasteiger partial charge on any atom is -0.379 e. The van der Waals surface area contributed by atoms with Crippen LogP contribution in [0.15, 0.2) is 0 Å². The molecule has 0 radical (unpaired) electrons. The fourth-order valence-corrected chi connectivity index (χ4v) is 1.72. The first-order valence-electron chi connectivity index (χ1n) is 7.52. The van der Waals surface area contributed by atoms with Gasteiger partial charge < -0.3 is 30.3 Å². The van der Waals surface area contributed by atoms with Gasteiger partial charge in [-0.25, -0.2) is 0 Å². The van der Waals surface area contributed by atoms with E-state index >= 15 is 0 Å². The Hall–Kier alpha value is -1.22. The number of amides is 2. The first-order valence-corrected chi connectivity index (χ1v) is 7.52. The van der Waals surface area contributed by atoms with Crippen LogP contribution in [0.4, 0.5) is 0 Å². The standard InChI is InChI=1S/C14H28N2O6/c1-3-21-8-9-22-10-13(18)16-12(14(19)20)6-4-5-7-15-11(2)17/h12,14,19-20H,3-10H2,1-2H3,(H,15,17)(H,16,18). The number of ether oxygens (including phenoxy) is 2. The largest absolute Gasteiger partial charge is 0.379 e. The zero-order valence-electron chi connectivity index (χ0n) is 13.3. The fraction of sp³-hybridized carbons (Fsp3) is 0.857. The van der Waals surface area contributed by atoms with Crippen LogP contribution in [0.5, 0.6) is 0 Å². The van der Waals surface area contributed by atoms with Gasteiger partial charge in [0.05, 0.1) is 19.3 Å². The van der Waals surface area contributed by atoms with Crippen LogP contribution in [-0.4, -0.2) is 67.3 Å². The number of aliphatic hydroxyl groups is 2. The van der Waals surface area contributed by atoms with E-state index in [0.29, 0.717) is 45.6 Å². The van der Waals surface area contributed by atoms with Gasteiger partial charge in [0.25, 0.3) is 0 Å². The normalized spacial score (nSPS) is 12.2. The molecule has 0 aliphatic heterocycles. The Morgan fingerprint density at radius 1 is 1.14 bits per heavy atom. The number of hydrogen-bond acceptors (Lipinski definition) is 6. The average molecular weight is 320 g/mol. The van der Waals surface area contributed by atoms with Crippen molar-refractivity contribution in [3.63, 3.8) is 0 Å². The Kier molecular flexibility index (Phi) is 12.7. The first kappa shape index (κ1) is 20.8. The van der Waals surface area contributed by atoms with Crippen LogP contribution in [0.25, 0.3) is 0 Å². The molecule has 0 bridgehead atoms. The van der Waals surface area contributed by atoms with Crippen LogP contribution in [0.2, 0.25) is 0 Å². The molecule has 0 saturated carbocycles. The second kappa shape index (κ2) is 13.4. The van der Waals surface area contributed by atoms with Crippen molar-refractivity contribution in [2.24, 2.45) is 0 Å². The molecule has 8 nitrogen and oxygen atoms in total. The Morgan fingerprint density at radius 3 is 2.41 bits per heavy atom. The molecular formula is C14H28N2O6. The van der Waals surface area contributed by atoms with Crippen molar-refractivity contribution >= 4 is 11.8 Å². The van der Waals surface area contributed by atoms with Gasteiger partial charge in [0.2, 0.25) is 11.8 Å². The Bertz CT molecular complexity index is 312. The zero-order chi connectivity index (χ0) is 16.8. The molecule has 2 amide bonds. The summed E-state index contributed by atoms with van der Waals surface area (Å²) in [6, 6.07) is -0.750. The van der Waals surface area contributed by atoms with E-state index in [2.05, 4.69) is 10.6 Å². The summed E-state index contributed by atoms with van der Waals surface area (Å²) in [6.45, 7) is 4.99. The lowest BCUT2D eigenvalue weighted by Crippen LogP contribution is -2.44. The van der Waals surface area contributed by atoms with E-state index in [1.165, 1.54) is 6.92 Å². The van der Waals surface area contributed by atoms with E-state index in [4.69, 9.17) is 9.47 Å². The molecule has 0 aromatic carbocycles. The van der Waals surface area contributed by atoms with Crippen LogP contribution in [-0.2, 0) is 19.1 Å². The van der Waals surface area contributed by atoms with Crippen molar-refractivity contribution < 1.29 is 29.3 Å². The van der Waals surface area contributed by atoms with Gasteiger partial charge in [0.1, 0.15) is 6.61 Å². The smallest absolute Gasteiger partial charge is 0.246 e. The number of aliphatic hydroxyl groups excluding tert-OH is 1. The third-order valence-corrected chi connectivity index (χ3v) is 2.83. The topological polar surface area (TPSA) is 117 Å². The molecule has 0 aliphatic rings. The quantitative estimate of drug-likeness (QED) is 0.259. The Balaban J connectivity index is 3.82. The molecule has 0 heterocycles. The lowest BCUT2D eigenvalue weighted by atomic mass is 10.1. The molecule has 0 aromatic rings. The second-order valence-corrected chi connectivity index (χ2v) is 4.82. The van der Waals surface area contributed by atoms with E-state index in [9.17, 15) is 19.8 Å². The van der Waals surface area contributed by atoms with Crippen molar-refractivity contribution in [2.75, 3.05) is 33.0 Å². The summed E-state index contributed by atoms with van der Waals surface area (Å²) in [7, 11) is 0. The van der Waals surface area contributed by atoms with E-state index in [-0.39, 0.29) is 12.5 Å². The Labute approximate surface area is 131 Å². The van der Waals surface area contributed by atoms with Gasteiger partial charge >= 0.3 is 0 Å². The predicted octanol–water partition coefficient (Wildman–Crippen LogP) is -0.859. The third-order valence-electron chi connectivity index (χ3n) is 2.83. The monoisotopic (exact) mass is 320 g/mol. The highest BCUT2D eigenvalue weighted by molar-refractivity contribution is 5.77. The number of unbranched alkanes of at least 4 members (excludes halogenated alkanes) is 1. The lowest BCUT2D eigenvalue weighted by molar-refractivity contribution is -0.132. The number of hydrogen-bond donors (Lipinski definition) is 4. The first-order chi connectivity index (χ1) is 10.5. The summed E-state index contributed by atoms with van der Waals surface area (Å²) in [5, 5.41) is 23.7. The maximum Gasteiger partial charge on any atom is 0.246 e. The summed E-state index contributed by atoms with van der Waals surface area (Å²) in [6.07, 6.45) is 0.118. The van der Waals surface area contributed by atoms with E-state index < -0.39 is 18.2 Å². The highest BCUT2D eigenvalue weighted by atomic mass is 16.5. The molecule has 8 heteroatoms. The van der Waals surface area contributed by atoms with E-state index in [1.54, 1.807) is 0 Å². The van der Waals surface area contributed by atoms with Crippen molar-refractivity contribution in [3.05, 3.63) is 0 Å². The highest BCUT2D eigenvalue weighted by Gasteiger charge is 2.18. The fourth-order valence-electron chi connectivity index (χ4n) is 1.72. The molecule has 22 heavy (non-hydrogen) atoms. The molecule has 0 rings (SSSR count). The summed E-state index contributed by atoms with van der Waals surface area (Å²) in [4.78, 5) is 22.3. The molecule has 4 N–H and O–H groups in total. The van der Waals surface area contributed by atoms with Crippen molar-refractivity contribution in [1.29, 1.82) is 0 Å². The number of nitrogens with one attached hydrogen (secondary N) is 2. The van der Waals surface area contributed by atoms with Gasteiger partial charge in [-0.1, -0.05) is 0 Å². The van der Waals surface area contributed by atoms with Crippen LogP contribution < -0.4 is 10.6 Å². The van der Waals surface area contributed by atoms with Gasteiger partial charge in [-0.2, -0.15) is 0 Å². The van der Waals surface area contributed by atoms with Gasteiger partial charge in [0.15, 0.2) is 6.29 Å².